The summed E-state index contributed by atoms with van der Waals surface area (Å²) in [5.74, 6) is 0.354. The highest BCUT2D eigenvalue weighted by molar-refractivity contribution is 5.80. The first-order chi connectivity index (χ1) is 8.32. The van der Waals surface area contributed by atoms with Crippen LogP contribution in [0.4, 0.5) is 0 Å². The van der Waals surface area contributed by atoms with E-state index >= 15 is 0 Å². The summed E-state index contributed by atoms with van der Waals surface area (Å²) >= 11 is 0. The molecule has 18 heavy (non-hydrogen) atoms. The van der Waals surface area contributed by atoms with Gasteiger partial charge in [-0.3, -0.25) is 4.79 Å². The number of nitrogens with zero attached hydrogens (tertiary/aromatic N) is 1. The van der Waals surface area contributed by atoms with Crippen molar-refractivity contribution in [2.45, 2.75) is 64.8 Å². The molecule has 0 aromatic rings. The van der Waals surface area contributed by atoms with Gasteiger partial charge in [-0.15, -0.1) is 0 Å². The van der Waals surface area contributed by atoms with Gasteiger partial charge in [0.1, 0.15) is 0 Å². The van der Waals surface area contributed by atoms with E-state index in [4.69, 9.17) is 5.73 Å². The highest BCUT2D eigenvalue weighted by Gasteiger charge is 2.41. The van der Waals surface area contributed by atoms with Crippen LogP contribution in [0.1, 0.15) is 59.3 Å². The van der Waals surface area contributed by atoms with Crippen molar-refractivity contribution in [3.63, 3.8) is 0 Å². The van der Waals surface area contributed by atoms with E-state index in [2.05, 4.69) is 25.7 Å². The molecule has 1 amide bonds. The summed E-state index contributed by atoms with van der Waals surface area (Å²) in [6.07, 6.45) is 6.64. The lowest BCUT2D eigenvalue weighted by Crippen LogP contribution is -2.55. The predicted octanol–water partition coefficient (Wildman–Crippen LogP) is 2.54. The minimum absolute atomic E-state index is 0.0418. The lowest BCUT2D eigenvalue weighted by atomic mass is 9.73. The van der Waals surface area contributed by atoms with Gasteiger partial charge in [0.2, 0.25) is 5.91 Å². The molecule has 0 aromatic carbocycles. The van der Waals surface area contributed by atoms with Gasteiger partial charge >= 0.3 is 0 Å². The van der Waals surface area contributed by atoms with Crippen molar-refractivity contribution in [3.05, 3.63) is 0 Å². The molecule has 2 fully saturated rings. The maximum atomic E-state index is 12.7. The van der Waals surface area contributed by atoms with Crippen molar-refractivity contribution in [1.29, 1.82) is 0 Å². The van der Waals surface area contributed by atoms with Crippen LogP contribution < -0.4 is 5.73 Å². The SMILES string of the molecule is CC1(C)CCCN(C(=O)C2CCCCC2(C)N)C1. The number of amides is 1. The molecule has 2 unspecified atom stereocenters. The van der Waals surface area contributed by atoms with Crippen LogP contribution in [0, 0.1) is 11.3 Å². The van der Waals surface area contributed by atoms with Gasteiger partial charge in [-0.05, 0) is 38.0 Å². The summed E-state index contributed by atoms with van der Waals surface area (Å²) in [4.78, 5) is 14.8. The molecule has 2 aliphatic rings. The van der Waals surface area contributed by atoms with E-state index in [1.54, 1.807) is 0 Å². The Labute approximate surface area is 111 Å². The highest BCUT2D eigenvalue weighted by Crippen LogP contribution is 2.35. The summed E-state index contributed by atoms with van der Waals surface area (Å²) in [5, 5.41) is 0. The number of nitrogens with two attached hydrogens (primary N) is 1. The minimum atomic E-state index is -0.295. The molecule has 3 heteroatoms. The van der Waals surface area contributed by atoms with E-state index in [1.807, 2.05) is 0 Å². The quantitative estimate of drug-likeness (QED) is 0.779. The van der Waals surface area contributed by atoms with Crippen LogP contribution in [0.25, 0.3) is 0 Å². The zero-order chi connectivity index (χ0) is 13.4. The van der Waals surface area contributed by atoms with E-state index in [0.29, 0.717) is 5.91 Å². The van der Waals surface area contributed by atoms with Crippen LogP contribution >= 0.6 is 0 Å². The predicted molar refractivity (Wildman–Crippen MR) is 74.1 cm³/mol. The third-order valence-electron chi connectivity index (χ3n) is 4.76. The molecule has 0 bridgehead atoms. The summed E-state index contributed by atoms with van der Waals surface area (Å²) in [7, 11) is 0. The van der Waals surface area contributed by atoms with E-state index in [-0.39, 0.29) is 16.9 Å². The maximum absolute atomic E-state index is 12.7. The van der Waals surface area contributed by atoms with Gasteiger partial charge < -0.3 is 10.6 Å². The number of carbonyl (C=O) groups excluding carboxylic acids is 1. The Bertz CT molecular complexity index is 322. The zero-order valence-corrected chi connectivity index (χ0v) is 12.2. The average Bonchev–Trinajstić information content (AvgIpc) is 2.26. The molecule has 2 rings (SSSR count). The summed E-state index contributed by atoms with van der Waals surface area (Å²) < 4.78 is 0. The number of likely N-dealkylation sites (tertiary alicyclic amines) is 1. The molecular weight excluding hydrogens is 224 g/mol. The van der Waals surface area contributed by atoms with Crippen molar-refractivity contribution in [2.75, 3.05) is 13.1 Å². The third kappa shape index (κ3) is 2.87. The van der Waals surface area contributed by atoms with Crippen LogP contribution in [0.5, 0.6) is 0 Å². The van der Waals surface area contributed by atoms with Gasteiger partial charge in [-0.25, -0.2) is 0 Å². The summed E-state index contributed by atoms with van der Waals surface area (Å²) in [5.41, 5.74) is 6.33. The molecule has 0 spiro atoms. The van der Waals surface area contributed by atoms with Gasteiger partial charge in [-0.2, -0.15) is 0 Å². The van der Waals surface area contributed by atoms with Gasteiger partial charge in [0, 0.05) is 18.6 Å². The van der Waals surface area contributed by atoms with Crippen LogP contribution in [-0.4, -0.2) is 29.4 Å². The fourth-order valence-corrected chi connectivity index (χ4v) is 3.60. The summed E-state index contributed by atoms with van der Waals surface area (Å²) in [6, 6.07) is 0. The first-order valence-corrected chi connectivity index (χ1v) is 7.40. The molecular formula is C15H28N2O. The first-order valence-electron chi connectivity index (χ1n) is 7.40. The number of carbonyl (C=O) groups is 1. The van der Waals surface area contributed by atoms with Gasteiger partial charge in [-0.1, -0.05) is 26.7 Å². The zero-order valence-electron chi connectivity index (χ0n) is 12.2. The smallest absolute Gasteiger partial charge is 0.227 e. The van der Waals surface area contributed by atoms with Crippen molar-refractivity contribution >= 4 is 5.91 Å². The molecule has 1 saturated heterocycles. The lowest BCUT2D eigenvalue weighted by Gasteiger charge is -2.44. The van der Waals surface area contributed by atoms with Crippen molar-refractivity contribution < 1.29 is 4.79 Å². The largest absolute Gasteiger partial charge is 0.342 e. The van der Waals surface area contributed by atoms with Gasteiger partial charge in [0.05, 0.1) is 5.92 Å². The molecule has 1 aliphatic heterocycles. The van der Waals surface area contributed by atoms with Crippen LogP contribution in [0.15, 0.2) is 0 Å². The van der Waals surface area contributed by atoms with Gasteiger partial charge in [0.15, 0.2) is 0 Å². The van der Waals surface area contributed by atoms with Crippen LogP contribution in [0.2, 0.25) is 0 Å². The van der Waals surface area contributed by atoms with Crippen molar-refractivity contribution in [3.8, 4) is 0 Å². The Kier molecular flexibility index (Phi) is 3.72. The van der Waals surface area contributed by atoms with E-state index in [9.17, 15) is 4.79 Å². The molecule has 2 atom stereocenters. The Morgan fingerprint density at radius 1 is 1.17 bits per heavy atom. The van der Waals surface area contributed by atoms with Crippen LogP contribution in [0.3, 0.4) is 0 Å². The number of rotatable bonds is 1. The van der Waals surface area contributed by atoms with E-state index < -0.39 is 0 Å². The molecule has 1 heterocycles. The standard InChI is InChI=1S/C15H28N2O/c1-14(2)8-6-10-17(11-14)13(18)12-7-4-5-9-15(12,3)16/h12H,4-11,16H2,1-3H3. The van der Waals surface area contributed by atoms with Crippen LogP contribution in [-0.2, 0) is 4.79 Å². The molecule has 1 aliphatic carbocycles. The molecule has 104 valence electrons. The minimum Gasteiger partial charge on any atom is -0.342 e. The third-order valence-corrected chi connectivity index (χ3v) is 4.76. The highest BCUT2D eigenvalue weighted by atomic mass is 16.2. The Balaban J connectivity index is 2.06. The molecule has 1 saturated carbocycles. The topological polar surface area (TPSA) is 46.3 Å². The lowest BCUT2D eigenvalue weighted by molar-refractivity contribution is -0.142. The fraction of sp³-hybridized carbons (Fsp3) is 0.933. The van der Waals surface area contributed by atoms with E-state index in [0.717, 1.165) is 38.8 Å². The first kappa shape index (κ1) is 13.9. The van der Waals surface area contributed by atoms with E-state index in [1.165, 1.54) is 12.8 Å². The second-order valence-corrected chi connectivity index (χ2v) is 7.33. The number of piperidine rings is 1. The van der Waals surface area contributed by atoms with Gasteiger partial charge in [0.25, 0.3) is 0 Å². The Morgan fingerprint density at radius 2 is 1.89 bits per heavy atom. The maximum Gasteiger partial charge on any atom is 0.227 e. The Hall–Kier alpha value is -0.570. The second kappa shape index (κ2) is 4.84. The molecule has 3 nitrogen and oxygen atoms in total. The second-order valence-electron chi connectivity index (χ2n) is 7.33. The monoisotopic (exact) mass is 252 g/mol. The fourth-order valence-electron chi connectivity index (χ4n) is 3.60. The molecule has 0 radical (unpaired) electrons. The number of hydrogen-bond donors (Lipinski definition) is 1. The average molecular weight is 252 g/mol. The summed E-state index contributed by atoms with van der Waals surface area (Å²) in [6.45, 7) is 8.40. The molecule has 0 aromatic heterocycles. The normalized spacial score (nSPS) is 36.4. The van der Waals surface area contributed by atoms with Crippen molar-refractivity contribution in [1.82, 2.24) is 4.90 Å². The Morgan fingerprint density at radius 3 is 2.50 bits per heavy atom. The molecule has 2 N–H and O–H groups in total. The van der Waals surface area contributed by atoms with Crippen molar-refractivity contribution in [2.24, 2.45) is 17.1 Å². The number of hydrogen-bond acceptors (Lipinski definition) is 2.